The molecule has 7 heteroatoms. The molecule has 2 aromatic rings. The van der Waals surface area contributed by atoms with Crippen LogP contribution in [0.5, 0.6) is 0 Å². The van der Waals surface area contributed by atoms with Gasteiger partial charge in [-0.1, -0.05) is 19.9 Å². The molecule has 124 valence electrons. The van der Waals surface area contributed by atoms with Gasteiger partial charge in [-0.25, -0.2) is 18.1 Å². The second-order valence-corrected chi connectivity index (χ2v) is 8.14. The molecular formula is C16H22N4O2S. The van der Waals surface area contributed by atoms with Gasteiger partial charge in [0, 0.05) is 38.1 Å². The first-order valence-corrected chi connectivity index (χ1v) is 9.32. The molecule has 0 aromatic carbocycles. The van der Waals surface area contributed by atoms with Crippen LogP contribution in [0.3, 0.4) is 0 Å². The van der Waals surface area contributed by atoms with Crippen molar-refractivity contribution >= 4 is 10.0 Å². The summed E-state index contributed by atoms with van der Waals surface area (Å²) in [5.41, 5.74) is 2.07. The molecule has 1 aliphatic carbocycles. The molecule has 1 saturated carbocycles. The number of hydrogen-bond acceptors (Lipinski definition) is 4. The second-order valence-electron chi connectivity index (χ2n) is 6.43. The van der Waals surface area contributed by atoms with Crippen LogP contribution < -0.4 is 4.72 Å². The Morgan fingerprint density at radius 3 is 2.70 bits per heavy atom. The summed E-state index contributed by atoms with van der Waals surface area (Å²) >= 11 is 0. The predicted molar refractivity (Wildman–Crippen MR) is 87.5 cm³/mol. The molecule has 1 fully saturated rings. The van der Waals surface area contributed by atoms with Crippen molar-refractivity contribution in [3.8, 4) is 0 Å². The summed E-state index contributed by atoms with van der Waals surface area (Å²) in [5.74, 6) is 1.52. The van der Waals surface area contributed by atoms with Crippen LogP contribution in [0, 0.1) is 0 Å². The van der Waals surface area contributed by atoms with Crippen LogP contribution in [0.2, 0.25) is 0 Å². The van der Waals surface area contributed by atoms with Gasteiger partial charge in [-0.15, -0.1) is 0 Å². The molecule has 0 amide bonds. The maximum atomic E-state index is 12.4. The zero-order valence-electron chi connectivity index (χ0n) is 13.7. The van der Waals surface area contributed by atoms with E-state index in [1.54, 1.807) is 17.0 Å². The smallest absolute Gasteiger partial charge is 0.259 e. The molecule has 0 spiro atoms. The van der Waals surface area contributed by atoms with Crippen LogP contribution in [0.4, 0.5) is 0 Å². The van der Waals surface area contributed by atoms with Crippen LogP contribution >= 0.6 is 0 Å². The highest BCUT2D eigenvalue weighted by atomic mass is 32.2. The second kappa shape index (κ2) is 6.05. The van der Waals surface area contributed by atoms with Crippen molar-refractivity contribution in [3.63, 3.8) is 0 Å². The third kappa shape index (κ3) is 3.61. The van der Waals surface area contributed by atoms with Crippen molar-refractivity contribution in [2.24, 2.45) is 7.05 Å². The van der Waals surface area contributed by atoms with Crippen LogP contribution in [0.25, 0.3) is 0 Å². The number of pyridine rings is 1. The zero-order valence-corrected chi connectivity index (χ0v) is 14.5. The van der Waals surface area contributed by atoms with E-state index in [0.29, 0.717) is 5.92 Å². The minimum absolute atomic E-state index is 0.0648. The Morgan fingerprint density at radius 2 is 2.09 bits per heavy atom. The number of nitrogens with one attached hydrogen (secondary N) is 1. The Bertz CT molecular complexity index is 807. The van der Waals surface area contributed by atoms with Crippen molar-refractivity contribution in [2.45, 2.75) is 50.1 Å². The molecule has 3 rings (SSSR count). The molecule has 2 aromatic heterocycles. The van der Waals surface area contributed by atoms with E-state index < -0.39 is 10.0 Å². The minimum atomic E-state index is -3.62. The fraction of sp³-hybridized carbons (Fsp3) is 0.500. The van der Waals surface area contributed by atoms with Gasteiger partial charge in [-0.05, 0) is 29.9 Å². The Balaban J connectivity index is 1.73. The van der Waals surface area contributed by atoms with E-state index in [1.165, 1.54) is 18.4 Å². The van der Waals surface area contributed by atoms with Crippen LogP contribution in [-0.2, 0) is 23.6 Å². The Hall–Kier alpha value is -1.73. The Morgan fingerprint density at radius 1 is 1.35 bits per heavy atom. The maximum absolute atomic E-state index is 12.4. The highest BCUT2D eigenvalue weighted by Gasteiger charge is 2.24. The summed E-state index contributed by atoms with van der Waals surface area (Å²) < 4.78 is 29.2. The van der Waals surface area contributed by atoms with Crippen molar-refractivity contribution in [3.05, 3.63) is 41.6 Å². The summed E-state index contributed by atoms with van der Waals surface area (Å²) in [6.07, 6.45) is 7.51. The average Bonchev–Trinajstić information content (AvgIpc) is 3.27. The molecule has 6 nitrogen and oxygen atoms in total. The number of hydrogen-bond donors (Lipinski definition) is 1. The molecule has 1 N–H and O–H groups in total. The molecular weight excluding hydrogens is 312 g/mol. The predicted octanol–water partition coefficient (Wildman–Crippen LogP) is 2.29. The van der Waals surface area contributed by atoms with E-state index >= 15 is 0 Å². The zero-order chi connectivity index (χ0) is 16.6. The van der Waals surface area contributed by atoms with Gasteiger partial charge in [-0.2, -0.15) is 0 Å². The van der Waals surface area contributed by atoms with E-state index in [0.717, 1.165) is 11.4 Å². The highest BCUT2D eigenvalue weighted by Crippen LogP contribution is 2.39. The van der Waals surface area contributed by atoms with E-state index in [9.17, 15) is 8.42 Å². The molecule has 0 unspecified atom stereocenters. The first kappa shape index (κ1) is 16.1. The normalized spacial score (nSPS) is 15.3. The monoisotopic (exact) mass is 334 g/mol. The van der Waals surface area contributed by atoms with Gasteiger partial charge in [-0.3, -0.25) is 4.98 Å². The Labute approximate surface area is 137 Å². The molecule has 1 aliphatic rings. The molecule has 23 heavy (non-hydrogen) atoms. The number of aryl methyl sites for hydroxylation is 1. The third-order valence-electron chi connectivity index (χ3n) is 4.01. The lowest BCUT2D eigenvalue weighted by atomic mass is 10.1. The van der Waals surface area contributed by atoms with E-state index in [4.69, 9.17) is 0 Å². The number of imidazole rings is 1. The van der Waals surface area contributed by atoms with E-state index in [1.807, 2.05) is 33.2 Å². The molecule has 0 radical (unpaired) electrons. The maximum Gasteiger partial charge on any atom is 0.259 e. The van der Waals surface area contributed by atoms with Gasteiger partial charge < -0.3 is 4.57 Å². The number of nitrogens with zero attached hydrogens (tertiary/aromatic N) is 3. The van der Waals surface area contributed by atoms with Crippen LogP contribution in [0.15, 0.2) is 29.7 Å². The summed E-state index contributed by atoms with van der Waals surface area (Å²) in [5, 5.41) is 0.0648. The molecule has 0 aliphatic heterocycles. The van der Waals surface area contributed by atoms with Gasteiger partial charge in [0.25, 0.3) is 10.0 Å². The van der Waals surface area contributed by atoms with Gasteiger partial charge >= 0.3 is 0 Å². The van der Waals surface area contributed by atoms with Crippen LogP contribution in [0.1, 0.15) is 55.5 Å². The fourth-order valence-electron chi connectivity index (χ4n) is 2.61. The lowest BCUT2D eigenvalue weighted by Crippen LogP contribution is -2.23. The van der Waals surface area contributed by atoms with Crippen LogP contribution in [-0.4, -0.2) is 23.0 Å². The van der Waals surface area contributed by atoms with Gasteiger partial charge in [0.1, 0.15) is 5.82 Å². The third-order valence-corrected chi connectivity index (χ3v) is 5.28. The lowest BCUT2D eigenvalue weighted by Gasteiger charge is -2.06. The quantitative estimate of drug-likeness (QED) is 0.879. The SMILES string of the molecule is CC(C)c1nc(S(=O)(=O)NCc2cncc(C3CC3)c2)cn1C. The molecule has 0 atom stereocenters. The topological polar surface area (TPSA) is 76.9 Å². The molecule has 2 heterocycles. The number of aromatic nitrogens is 3. The largest absolute Gasteiger partial charge is 0.336 e. The van der Waals surface area contributed by atoms with Crippen molar-refractivity contribution in [1.82, 2.24) is 19.3 Å². The number of rotatable bonds is 6. The summed E-state index contributed by atoms with van der Waals surface area (Å²) in [4.78, 5) is 8.45. The van der Waals surface area contributed by atoms with Gasteiger partial charge in [0.15, 0.2) is 5.03 Å². The standard InChI is InChI=1S/C16H22N4O2S/c1-11(2)16-19-15(10-20(16)3)23(21,22)18-8-12-6-14(9-17-7-12)13-4-5-13/h6-7,9-11,13,18H,4-5,8H2,1-3H3. The van der Waals surface area contributed by atoms with Crippen molar-refractivity contribution in [2.75, 3.05) is 0 Å². The summed E-state index contributed by atoms with van der Waals surface area (Å²) in [7, 11) is -1.81. The highest BCUT2D eigenvalue weighted by molar-refractivity contribution is 7.89. The molecule has 0 saturated heterocycles. The van der Waals surface area contributed by atoms with Gasteiger partial charge in [0.2, 0.25) is 0 Å². The first-order chi connectivity index (χ1) is 10.9. The molecule has 0 bridgehead atoms. The van der Waals surface area contributed by atoms with Crippen molar-refractivity contribution < 1.29 is 8.42 Å². The summed E-state index contributed by atoms with van der Waals surface area (Å²) in [6.45, 7) is 4.20. The minimum Gasteiger partial charge on any atom is -0.336 e. The number of sulfonamides is 1. The average molecular weight is 334 g/mol. The fourth-order valence-corrected chi connectivity index (χ4v) is 3.63. The van der Waals surface area contributed by atoms with Crippen molar-refractivity contribution in [1.29, 1.82) is 0 Å². The summed E-state index contributed by atoms with van der Waals surface area (Å²) in [6, 6.07) is 2.03. The van der Waals surface area contributed by atoms with E-state index in [2.05, 4.69) is 14.7 Å². The van der Waals surface area contributed by atoms with E-state index in [-0.39, 0.29) is 17.5 Å². The first-order valence-electron chi connectivity index (χ1n) is 7.83. The Kier molecular flexibility index (Phi) is 4.25. The lowest BCUT2D eigenvalue weighted by molar-refractivity contribution is 0.577. The van der Waals surface area contributed by atoms with Gasteiger partial charge in [0.05, 0.1) is 0 Å².